The van der Waals surface area contributed by atoms with E-state index in [1.807, 2.05) is 0 Å². The molecule has 0 aliphatic heterocycles. The number of benzene rings is 1. The zero-order chi connectivity index (χ0) is 11.4. The first-order valence-corrected chi connectivity index (χ1v) is 4.54. The van der Waals surface area contributed by atoms with E-state index in [2.05, 4.69) is 0 Å². The Kier molecular flexibility index (Phi) is 3.44. The van der Waals surface area contributed by atoms with Crippen molar-refractivity contribution in [2.45, 2.75) is 19.3 Å². The van der Waals surface area contributed by atoms with Gasteiger partial charge in [-0.3, -0.25) is 9.59 Å². The Bertz CT molecular complexity index is 367. The fraction of sp³-hybridized carbons (Fsp3) is 0.273. The molecule has 0 fully saturated rings. The van der Waals surface area contributed by atoms with Crippen LogP contribution < -0.4 is 0 Å². The molecule has 0 radical (unpaired) electrons. The van der Waals surface area contributed by atoms with Gasteiger partial charge in [-0.15, -0.1) is 0 Å². The molecule has 0 amide bonds. The normalized spacial score (nSPS) is 12.1. The molecule has 0 saturated carbocycles. The third kappa shape index (κ3) is 3.09. The van der Waals surface area contributed by atoms with Crippen molar-refractivity contribution in [2.24, 2.45) is 0 Å². The first-order valence-electron chi connectivity index (χ1n) is 4.54. The van der Waals surface area contributed by atoms with Crippen LogP contribution in [0.4, 0.5) is 0 Å². The fourth-order valence-electron chi connectivity index (χ4n) is 1.24. The molecule has 4 nitrogen and oxygen atoms in total. The molecule has 1 aromatic rings. The Balaban J connectivity index is 2.80. The Hall–Kier alpha value is -1.84. The minimum absolute atomic E-state index is 0.0399. The molecule has 0 aromatic heterocycles. The zero-order valence-corrected chi connectivity index (χ0v) is 8.30. The van der Waals surface area contributed by atoms with Gasteiger partial charge in [-0.25, -0.2) is 0 Å². The van der Waals surface area contributed by atoms with Crippen molar-refractivity contribution < 1.29 is 19.8 Å². The summed E-state index contributed by atoms with van der Waals surface area (Å²) in [6, 6.07) is 6.58. The summed E-state index contributed by atoms with van der Waals surface area (Å²) in [4.78, 5) is 21.1. The Morgan fingerprint density at radius 3 is 2.13 bits per heavy atom. The highest BCUT2D eigenvalue weighted by Gasteiger charge is 2.13. The molecule has 15 heavy (non-hydrogen) atoms. The molecule has 1 aromatic carbocycles. The molecule has 2 N–H and O–H groups in total. The molecule has 1 rings (SSSR count). The molecule has 0 aliphatic rings. The van der Waals surface area contributed by atoms with E-state index in [1.54, 1.807) is 31.2 Å². The largest absolute Gasteiger partial charge is 0.481 e. The standard InChI is InChI=1S/C11H12O4/c1-7(11(14)15)9-4-2-8(3-5-9)6-10(12)13/h2-5,7H,6H2,1H3,(H,12,13)(H,14,15)/t7-/m0/s1. The Morgan fingerprint density at radius 2 is 1.73 bits per heavy atom. The van der Waals surface area contributed by atoms with Crippen molar-refractivity contribution in [3.8, 4) is 0 Å². The van der Waals surface area contributed by atoms with Crippen LogP contribution in [0.5, 0.6) is 0 Å². The lowest BCUT2D eigenvalue weighted by atomic mass is 9.99. The van der Waals surface area contributed by atoms with Crippen molar-refractivity contribution in [2.75, 3.05) is 0 Å². The van der Waals surface area contributed by atoms with Gasteiger partial charge in [0.15, 0.2) is 0 Å². The van der Waals surface area contributed by atoms with E-state index in [0.717, 1.165) is 0 Å². The van der Waals surface area contributed by atoms with Gasteiger partial charge in [0.05, 0.1) is 12.3 Å². The molecular formula is C11H12O4. The van der Waals surface area contributed by atoms with Gasteiger partial charge >= 0.3 is 11.9 Å². The van der Waals surface area contributed by atoms with E-state index >= 15 is 0 Å². The van der Waals surface area contributed by atoms with E-state index < -0.39 is 17.9 Å². The molecule has 80 valence electrons. The predicted molar refractivity (Wildman–Crippen MR) is 53.8 cm³/mol. The van der Waals surface area contributed by atoms with Gasteiger partial charge < -0.3 is 10.2 Å². The fourth-order valence-corrected chi connectivity index (χ4v) is 1.24. The minimum atomic E-state index is -0.894. The lowest BCUT2D eigenvalue weighted by Crippen LogP contribution is -2.07. The van der Waals surface area contributed by atoms with E-state index in [4.69, 9.17) is 10.2 Å². The number of carbonyl (C=O) groups is 2. The van der Waals surface area contributed by atoms with Crippen molar-refractivity contribution in [3.05, 3.63) is 35.4 Å². The zero-order valence-electron chi connectivity index (χ0n) is 8.30. The molecule has 0 unspecified atom stereocenters. The van der Waals surface area contributed by atoms with Gasteiger partial charge in [-0.1, -0.05) is 24.3 Å². The van der Waals surface area contributed by atoms with Crippen molar-refractivity contribution in [1.29, 1.82) is 0 Å². The maximum atomic E-state index is 10.7. The summed E-state index contributed by atoms with van der Waals surface area (Å²) in [5.41, 5.74) is 1.35. The van der Waals surface area contributed by atoms with Crippen LogP contribution in [0.3, 0.4) is 0 Å². The molecule has 1 atom stereocenters. The summed E-state index contributed by atoms with van der Waals surface area (Å²) in [5, 5.41) is 17.3. The van der Waals surface area contributed by atoms with Gasteiger partial charge in [0.2, 0.25) is 0 Å². The maximum absolute atomic E-state index is 10.7. The van der Waals surface area contributed by atoms with Gasteiger partial charge in [0.25, 0.3) is 0 Å². The number of aliphatic carboxylic acids is 2. The molecule has 4 heteroatoms. The summed E-state index contributed by atoms with van der Waals surface area (Å²) < 4.78 is 0. The summed E-state index contributed by atoms with van der Waals surface area (Å²) in [6.45, 7) is 1.59. The molecule has 0 bridgehead atoms. The lowest BCUT2D eigenvalue weighted by molar-refractivity contribution is -0.138. The first kappa shape index (κ1) is 11.2. The Labute approximate surface area is 87.2 Å². The topological polar surface area (TPSA) is 74.6 Å². The number of hydrogen-bond donors (Lipinski definition) is 2. The van der Waals surface area contributed by atoms with E-state index in [9.17, 15) is 9.59 Å². The average Bonchev–Trinajstić information content (AvgIpc) is 2.17. The van der Waals surface area contributed by atoms with E-state index in [-0.39, 0.29) is 6.42 Å². The quantitative estimate of drug-likeness (QED) is 0.786. The smallest absolute Gasteiger partial charge is 0.310 e. The lowest BCUT2D eigenvalue weighted by Gasteiger charge is -2.06. The van der Waals surface area contributed by atoms with Crippen molar-refractivity contribution >= 4 is 11.9 Å². The second kappa shape index (κ2) is 4.59. The summed E-state index contributed by atoms with van der Waals surface area (Å²) >= 11 is 0. The number of carboxylic acid groups (broad SMARTS) is 2. The minimum Gasteiger partial charge on any atom is -0.481 e. The molecule has 0 heterocycles. The third-order valence-electron chi connectivity index (χ3n) is 2.21. The highest BCUT2D eigenvalue weighted by Crippen LogP contribution is 2.16. The predicted octanol–water partition coefficient (Wildman–Crippen LogP) is 1.50. The average molecular weight is 208 g/mol. The van der Waals surface area contributed by atoms with Crippen molar-refractivity contribution in [1.82, 2.24) is 0 Å². The second-order valence-corrected chi connectivity index (χ2v) is 3.37. The SMILES string of the molecule is C[C@H](C(=O)O)c1ccc(CC(=O)O)cc1. The molecular weight excluding hydrogens is 196 g/mol. The summed E-state index contributed by atoms with van der Waals surface area (Å²) in [7, 11) is 0. The highest BCUT2D eigenvalue weighted by molar-refractivity contribution is 5.75. The summed E-state index contributed by atoms with van der Waals surface area (Å²) in [5.74, 6) is -2.35. The highest BCUT2D eigenvalue weighted by atomic mass is 16.4. The molecule has 0 saturated heterocycles. The Morgan fingerprint density at radius 1 is 1.20 bits per heavy atom. The van der Waals surface area contributed by atoms with Crippen LogP contribution in [0, 0.1) is 0 Å². The molecule has 0 spiro atoms. The van der Waals surface area contributed by atoms with Crippen LogP contribution in [0.15, 0.2) is 24.3 Å². The van der Waals surface area contributed by atoms with Gasteiger partial charge in [0, 0.05) is 0 Å². The van der Waals surface area contributed by atoms with Crippen molar-refractivity contribution in [3.63, 3.8) is 0 Å². The first-order chi connectivity index (χ1) is 7.00. The number of rotatable bonds is 4. The third-order valence-corrected chi connectivity index (χ3v) is 2.21. The summed E-state index contributed by atoms with van der Waals surface area (Å²) in [6.07, 6.45) is -0.0399. The van der Waals surface area contributed by atoms with Crippen LogP contribution in [0.25, 0.3) is 0 Å². The maximum Gasteiger partial charge on any atom is 0.310 e. The number of hydrogen-bond acceptors (Lipinski definition) is 2. The van der Waals surface area contributed by atoms with Gasteiger partial charge in [-0.05, 0) is 18.1 Å². The van der Waals surface area contributed by atoms with E-state index in [1.165, 1.54) is 0 Å². The molecule has 0 aliphatic carbocycles. The van der Waals surface area contributed by atoms with Crippen LogP contribution in [0.2, 0.25) is 0 Å². The van der Waals surface area contributed by atoms with Crippen LogP contribution in [-0.2, 0) is 16.0 Å². The van der Waals surface area contributed by atoms with Crippen LogP contribution in [0.1, 0.15) is 24.0 Å². The van der Waals surface area contributed by atoms with Crippen LogP contribution >= 0.6 is 0 Å². The second-order valence-electron chi connectivity index (χ2n) is 3.37. The van der Waals surface area contributed by atoms with Gasteiger partial charge in [-0.2, -0.15) is 0 Å². The van der Waals surface area contributed by atoms with E-state index in [0.29, 0.717) is 11.1 Å². The van der Waals surface area contributed by atoms with Crippen LogP contribution in [-0.4, -0.2) is 22.2 Å². The van der Waals surface area contributed by atoms with Gasteiger partial charge in [0.1, 0.15) is 0 Å². The number of carboxylic acids is 2. The monoisotopic (exact) mass is 208 g/mol.